The van der Waals surface area contributed by atoms with E-state index >= 15 is 0 Å². The number of hydrogen-bond acceptors (Lipinski definition) is 4. The molecule has 0 aromatic carbocycles. The molecule has 2 atom stereocenters. The molecule has 0 radical (unpaired) electrons. The molecule has 84 valence electrons. The molecule has 0 aliphatic heterocycles. The minimum Gasteiger partial charge on any atom is -0.549 e. The van der Waals surface area contributed by atoms with Crippen LogP contribution in [0.4, 0.5) is 0 Å². The largest absolute Gasteiger partial charge is 2.00 e. The second-order valence-electron chi connectivity index (χ2n) is 1.88. The van der Waals surface area contributed by atoms with Crippen LogP contribution < -0.4 is 10.2 Å². The molecule has 0 saturated heterocycles. The second kappa shape index (κ2) is 14.8. The van der Waals surface area contributed by atoms with Gasteiger partial charge in [0, 0.05) is 8.86 Å². The first-order valence-corrected chi connectivity index (χ1v) is 8.72. The zero-order valence-electron chi connectivity index (χ0n) is 7.42. The number of rotatable bonds is 4. The summed E-state index contributed by atoms with van der Waals surface area (Å²) in [4.78, 5) is 19.6. The van der Waals surface area contributed by atoms with Gasteiger partial charge in [-0.3, -0.25) is 0 Å². The van der Waals surface area contributed by atoms with Crippen molar-refractivity contribution in [3.8, 4) is 0 Å². The van der Waals surface area contributed by atoms with Crippen LogP contribution >= 0.6 is 90.4 Å². The van der Waals surface area contributed by atoms with Crippen molar-refractivity contribution < 1.29 is 47.1 Å². The van der Waals surface area contributed by atoms with Gasteiger partial charge in [0.05, 0.1) is 19.8 Å². The number of carbonyl (C=O) groups excluding carboxylic acids is 2. The minimum atomic E-state index is -0.977. The predicted molar refractivity (Wildman–Crippen MR) is 83.4 cm³/mol. The molecule has 15 heavy (non-hydrogen) atoms. The van der Waals surface area contributed by atoms with Crippen molar-refractivity contribution in [3.05, 3.63) is 0 Å². The van der Waals surface area contributed by atoms with E-state index in [-0.39, 0.29) is 35.1 Å². The zero-order valence-corrected chi connectivity index (χ0v) is 20.1. The summed E-state index contributed by atoms with van der Waals surface area (Å²) in [5.41, 5.74) is 0. The maximum Gasteiger partial charge on any atom is 2.00 e. The number of aliphatic carboxylic acids is 2. The molecule has 0 aliphatic carbocycles. The number of halogens is 4. The normalized spacial score (nSPS) is 12.5. The molecule has 0 N–H and O–H groups in total. The van der Waals surface area contributed by atoms with Crippen LogP contribution in [0.3, 0.4) is 0 Å². The van der Waals surface area contributed by atoms with Crippen LogP contribution in [0.1, 0.15) is 0 Å². The standard InChI is InChI=1S/2C3H4I2O2.Cd/c2*4-1-2(5)3(6)7;/h2*2H,1H2,(H,6,7);/q;;+2/p-2. The third kappa shape index (κ3) is 16.8. The Bertz CT molecular complexity index is 172. The Morgan fingerprint density at radius 1 is 0.933 bits per heavy atom. The first-order valence-electron chi connectivity index (χ1n) is 3.18. The van der Waals surface area contributed by atoms with Gasteiger partial charge in [-0.15, -0.1) is 0 Å². The SMILES string of the molecule is O=C([O-])C(I)CI.O=C([O-])C(I)CI.[Cd+2]. The van der Waals surface area contributed by atoms with Crippen LogP contribution in [0.15, 0.2) is 0 Å². The van der Waals surface area contributed by atoms with Gasteiger partial charge in [0.15, 0.2) is 0 Å². The Morgan fingerprint density at radius 3 is 1.13 bits per heavy atom. The number of carboxylic acid groups (broad SMARTS) is 2. The molecular weight excluding hydrogens is 756 g/mol. The number of carboxylic acids is 2. The monoisotopic (exact) mass is 764 g/mol. The van der Waals surface area contributed by atoms with Gasteiger partial charge in [0.2, 0.25) is 0 Å². The molecule has 0 spiro atoms. The molecule has 0 fully saturated rings. The first kappa shape index (κ1) is 22.9. The summed E-state index contributed by atoms with van der Waals surface area (Å²) in [5.74, 6) is -1.95. The van der Waals surface area contributed by atoms with E-state index in [2.05, 4.69) is 0 Å². The molecule has 4 nitrogen and oxygen atoms in total. The Morgan fingerprint density at radius 2 is 1.13 bits per heavy atom. The van der Waals surface area contributed by atoms with Crippen LogP contribution in [-0.4, -0.2) is 28.6 Å². The number of hydrogen-bond donors (Lipinski definition) is 0. The van der Waals surface area contributed by atoms with Gasteiger partial charge >= 0.3 is 27.3 Å². The van der Waals surface area contributed by atoms with Gasteiger partial charge in [0.1, 0.15) is 0 Å². The summed E-state index contributed by atoms with van der Waals surface area (Å²) in [6.45, 7) is 0. The number of carbonyl (C=O) groups is 2. The van der Waals surface area contributed by atoms with E-state index in [1.807, 2.05) is 90.4 Å². The van der Waals surface area contributed by atoms with Crippen molar-refractivity contribution in [2.45, 2.75) is 7.85 Å². The fraction of sp³-hybridized carbons (Fsp3) is 0.667. The van der Waals surface area contributed by atoms with Crippen molar-refractivity contribution in [2.75, 3.05) is 8.86 Å². The zero-order chi connectivity index (χ0) is 11.7. The van der Waals surface area contributed by atoms with Gasteiger partial charge in [-0.05, 0) is 0 Å². The van der Waals surface area contributed by atoms with E-state index < -0.39 is 11.9 Å². The fourth-order valence-corrected chi connectivity index (χ4v) is 0.845. The van der Waals surface area contributed by atoms with E-state index in [4.69, 9.17) is 0 Å². The third-order valence-corrected chi connectivity index (χ3v) is 7.81. The molecule has 0 aromatic rings. The van der Waals surface area contributed by atoms with E-state index in [0.29, 0.717) is 8.86 Å². The summed E-state index contributed by atoms with van der Waals surface area (Å²) < 4.78 is 0.554. The predicted octanol–water partition coefficient (Wildman–Crippen LogP) is -0.0527. The molecule has 0 amide bonds. The Balaban J connectivity index is -0.000000180. The Kier molecular flexibility index (Phi) is 22.7. The van der Waals surface area contributed by atoms with Gasteiger partial charge < -0.3 is 19.8 Å². The molecule has 2 unspecified atom stereocenters. The molecule has 9 heteroatoms. The van der Waals surface area contributed by atoms with Crippen LogP contribution in [-0.2, 0) is 36.9 Å². The maximum atomic E-state index is 9.81. The van der Waals surface area contributed by atoms with Gasteiger partial charge in [0.25, 0.3) is 0 Å². The van der Waals surface area contributed by atoms with E-state index in [9.17, 15) is 19.8 Å². The number of alkyl halides is 4. The van der Waals surface area contributed by atoms with Crippen molar-refractivity contribution in [2.24, 2.45) is 0 Å². The summed E-state index contributed by atoms with van der Waals surface area (Å²) in [5, 5.41) is 19.6. The van der Waals surface area contributed by atoms with Crippen molar-refractivity contribution in [1.29, 1.82) is 0 Å². The van der Waals surface area contributed by atoms with E-state index in [0.717, 1.165) is 0 Å². The Hall–Kier alpha value is 2.78. The Labute approximate surface area is 163 Å². The minimum absolute atomic E-state index is 0. The van der Waals surface area contributed by atoms with E-state index in [1.54, 1.807) is 0 Å². The van der Waals surface area contributed by atoms with Crippen LogP contribution in [0.2, 0.25) is 0 Å². The molecule has 0 saturated carbocycles. The van der Waals surface area contributed by atoms with Gasteiger partial charge in [-0.2, -0.15) is 0 Å². The van der Waals surface area contributed by atoms with Gasteiger partial charge in [-0.1, -0.05) is 90.4 Å². The molecule has 0 aliphatic rings. The molecule has 0 bridgehead atoms. The van der Waals surface area contributed by atoms with E-state index in [1.165, 1.54) is 0 Å². The van der Waals surface area contributed by atoms with Crippen LogP contribution in [0, 0.1) is 0 Å². The summed E-state index contributed by atoms with van der Waals surface area (Å²) >= 11 is 7.65. The summed E-state index contributed by atoms with van der Waals surface area (Å²) in [6, 6.07) is 0. The summed E-state index contributed by atoms with van der Waals surface area (Å²) in [6.07, 6.45) is 0. The van der Waals surface area contributed by atoms with Crippen molar-refractivity contribution >= 4 is 102 Å². The molecule has 0 rings (SSSR count). The third-order valence-electron chi connectivity index (χ3n) is 0.782. The second-order valence-corrected chi connectivity index (χ2v) is 6.65. The molecule has 0 aromatic heterocycles. The summed E-state index contributed by atoms with van der Waals surface area (Å²) in [7, 11) is 0. The fourth-order valence-electron chi connectivity index (χ4n) is 0.126. The topological polar surface area (TPSA) is 80.3 Å². The van der Waals surface area contributed by atoms with Crippen LogP contribution in [0.25, 0.3) is 0 Å². The first-order chi connectivity index (χ1) is 6.36. The smallest absolute Gasteiger partial charge is 0.549 e. The van der Waals surface area contributed by atoms with Crippen molar-refractivity contribution in [1.82, 2.24) is 0 Å². The average Bonchev–Trinajstić information content (AvgIpc) is 2.15. The average molecular weight is 762 g/mol. The van der Waals surface area contributed by atoms with Crippen molar-refractivity contribution in [3.63, 3.8) is 0 Å². The van der Waals surface area contributed by atoms with Gasteiger partial charge in [-0.25, -0.2) is 0 Å². The molecular formula is C6H6CdI4O4. The quantitative estimate of drug-likeness (QED) is 0.229. The maximum absolute atomic E-state index is 9.81. The molecule has 0 heterocycles. The van der Waals surface area contributed by atoms with Crippen LogP contribution in [0.5, 0.6) is 0 Å².